The van der Waals surface area contributed by atoms with E-state index in [1.165, 1.54) is 6.42 Å². The molecule has 4 heterocycles. The minimum Gasteiger partial charge on any atom is -0.462 e. The maximum atomic E-state index is 12.7. The number of furan rings is 1. The van der Waals surface area contributed by atoms with E-state index < -0.39 is 0 Å². The van der Waals surface area contributed by atoms with Crippen LogP contribution in [0.1, 0.15) is 29.6 Å². The number of carbonyl (C=O) groups excluding carboxylic acids is 1. The van der Waals surface area contributed by atoms with Gasteiger partial charge in [-0.15, -0.1) is 0 Å². The Balaban J connectivity index is 1.44. The molecule has 0 spiro atoms. The number of carbonyl (C=O) groups is 1. The third-order valence-corrected chi connectivity index (χ3v) is 5.31. The molecule has 122 valence electrons. The summed E-state index contributed by atoms with van der Waals surface area (Å²) in [6, 6.07) is 10.8. The van der Waals surface area contributed by atoms with Crippen molar-refractivity contribution < 1.29 is 9.21 Å². The molecule has 2 aliphatic heterocycles. The molecule has 0 aliphatic carbocycles. The van der Waals surface area contributed by atoms with E-state index in [9.17, 15) is 4.79 Å². The van der Waals surface area contributed by atoms with Gasteiger partial charge in [0.15, 0.2) is 0 Å². The average molecular weight is 321 g/mol. The second-order valence-electron chi connectivity index (χ2n) is 6.79. The summed E-state index contributed by atoms with van der Waals surface area (Å²) in [6.45, 7) is 0. The predicted molar refractivity (Wildman–Crippen MR) is 91.4 cm³/mol. The minimum absolute atomic E-state index is 0.00379. The second-order valence-corrected chi connectivity index (χ2v) is 6.79. The van der Waals surface area contributed by atoms with Crippen LogP contribution in [0, 0.1) is 0 Å². The van der Waals surface area contributed by atoms with Crippen LogP contribution in [-0.2, 0) is 0 Å². The van der Waals surface area contributed by atoms with Crippen LogP contribution >= 0.6 is 0 Å². The van der Waals surface area contributed by atoms with E-state index in [1.807, 2.05) is 47.3 Å². The van der Waals surface area contributed by atoms with E-state index in [1.54, 1.807) is 6.26 Å². The summed E-state index contributed by atoms with van der Waals surface area (Å²) in [5, 5.41) is 7.70. The fourth-order valence-corrected chi connectivity index (χ4v) is 4.09. The minimum atomic E-state index is -0.00379. The quantitative estimate of drug-likeness (QED) is 0.780. The molecule has 3 atom stereocenters. The standard InChI is InChI=1S/C19H19N3O2/c23-19(21-16-10-13-4-5-15(16)20-13)12-3-6-18-14(9-12)17(11-24-18)22-7-1-2-8-22/h1-3,6-9,11,13,15-16,20H,4-5,10H2,(H,21,23)/t13-,15+,16-/m1/s1. The van der Waals surface area contributed by atoms with Crippen molar-refractivity contribution in [2.45, 2.75) is 37.4 Å². The summed E-state index contributed by atoms with van der Waals surface area (Å²) >= 11 is 0. The molecule has 2 bridgehead atoms. The molecule has 0 radical (unpaired) electrons. The van der Waals surface area contributed by atoms with Crippen LogP contribution in [0.2, 0.25) is 0 Å². The van der Waals surface area contributed by atoms with Gasteiger partial charge < -0.3 is 19.6 Å². The number of hydrogen-bond donors (Lipinski definition) is 2. The molecule has 0 saturated carbocycles. The van der Waals surface area contributed by atoms with Gasteiger partial charge in [0, 0.05) is 41.5 Å². The number of nitrogens with zero attached hydrogens (tertiary/aromatic N) is 1. The van der Waals surface area contributed by atoms with Crippen molar-refractivity contribution in [1.82, 2.24) is 15.2 Å². The predicted octanol–water partition coefficient (Wildman–Crippen LogP) is 2.85. The summed E-state index contributed by atoms with van der Waals surface area (Å²) in [7, 11) is 0. The second kappa shape index (κ2) is 5.24. The smallest absolute Gasteiger partial charge is 0.251 e. The lowest BCUT2D eigenvalue weighted by Crippen LogP contribution is -2.42. The molecule has 24 heavy (non-hydrogen) atoms. The number of aromatic nitrogens is 1. The van der Waals surface area contributed by atoms with E-state index in [2.05, 4.69) is 10.6 Å². The van der Waals surface area contributed by atoms with E-state index in [0.29, 0.717) is 17.6 Å². The Kier molecular flexibility index (Phi) is 3.03. The van der Waals surface area contributed by atoms with Crippen molar-refractivity contribution in [3.63, 3.8) is 0 Å². The summed E-state index contributed by atoms with van der Waals surface area (Å²) in [6.07, 6.45) is 9.10. The fraction of sp³-hybridized carbons (Fsp3) is 0.316. The molecule has 0 unspecified atom stereocenters. The number of hydrogen-bond acceptors (Lipinski definition) is 3. The van der Waals surface area contributed by atoms with E-state index in [0.717, 1.165) is 29.5 Å². The van der Waals surface area contributed by atoms with Crippen LogP contribution < -0.4 is 10.6 Å². The van der Waals surface area contributed by atoms with Gasteiger partial charge in [-0.1, -0.05) is 0 Å². The molecular formula is C19H19N3O2. The van der Waals surface area contributed by atoms with Gasteiger partial charge in [-0.25, -0.2) is 0 Å². The summed E-state index contributed by atoms with van der Waals surface area (Å²) < 4.78 is 7.61. The van der Waals surface area contributed by atoms with Crippen LogP contribution in [0.5, 0.6) is 0 Å². The third-order valence-electron chi connectivity index (χ3n) is 5.31. The van der Waals surface area contributed by atoms with Crippen molar-refractivity contribution in [2.75, 3.05) is 0 Å². The molecule has 5 heteroatoms. The third kappa shape index (κ3) is 2.16. The Bertz CT molecular complexity index is 897. The van der Waals surface area contributed by atoms with Gasteiger partial charge >= 0.3 is 0 Å². The van der Waals surface area contributed by atoms with E-state index in [4.69, 9.17) is 4.42 Å². The van der Waals surface area contributed by atoms with Crippen LogP contribution in [0.25, 0.3) is 16.7 Å². The van der Waals surface area contributed by atoms with Crippen LogP contribution in [0.15, 0.2) is 53.4 Å². The molecule has 3 aromatic rings. The molecule has 2 fully saturated rings. The number of rotatable bonds is 3. The van der Waals surface area contributed by atoms with E-state index in [-0.39, 0.29) is 11.9 Å². The van der Waals surface area contributed by atoms with Gasteiger partial charge in [0.2, 0.25) is 0 Å². The highest BCUT2D eigenvalue weighted by Crippen LogP contribution is 2.29. The highest BCUT2D eigenvalue weighted by molar-refractivity contribution is 5.99. The largest absolute Gasteiger partial charge is 0.462 e. The fourth-order valence-electron chi connectivity index (χ4n) is 4.09. The normalized spacial score (nSPS) is 25.4. The van der Waals surface area contributed by atoms with Gasteiger partial charge in [-0.05, 0) is 49.6 Å². The van der Waals surface area contributed by atoms with Crippen LogP contribution in [0.4, 0.5) is 0 Å². The first-order valence-electron chi connectivity index (χ1n) is 8.49. The Morgan fingerprint density at radius 2 is 2.12 bits per heavy atom. The lowest BCUT2D eigenvalue weighted by atomic mass is 9.95. The zero-order valence-electron chi connectivity index (χ0n) is 13.2. The van der Waals surface area contributed by atoms with Crippen molar-refractivity contribution in [3.8, 4) is 5.69 Å². The van der Waals surface area contributed by atoms with Gasteiger partial charge in [0.25, 0.3) is 5.91 Å². The van der Waals surface area contributed by atoms with Crippen molar-refractivity contribution in [2.24, 2.45) is 0 Å². The molecule has 1 amide bonds. The molecule has 2 N–H and O–H groups in total. The zero-order chi connectivity index (χ0) is 16.1. The van der Waals surface area contributed by atoms with Crippen molar-refractivity contribution in [1.29, 1.82) is 0 Å². The highest BCUT2D eigenvalue weighted by Gasteiger charge is 2.39. The maximum Gasteiger partial charge on any atom is 0.251 e. The van der Waals surface area contributed by atoms with Crippen LogP contribution in [0.3, 0.4) is 0 Å². The van der Waals surface area contributed by atoms with Crippen molar-refractivity contribution >= 4 is 16.9 Å². The lowest BCUT2D eigenvalue weighted by Gasteiger charge is -2.21. The molecule has 2 aromatic heterocycles. The lowest BCUT2D eigenvalue weighted by molar-refractivity contribution is 0.0931. The Morgan fingerprint density at radius 1 is 1.25 bits per heavy atom. The topological polar surface area (TPSA) is 59.2 Å². The number of benzene rings is 1. The maximum absolute atomic E-state index is 12.7. The first-order valence-corrected chi connectivity index (χ1v) is 8.49. The molecule has 5 rings (SSSR count). The molecule has 1 aromatic carbocycles. The summed E-state index contributed by atoms with van der Waals surface area (Å²) in [5.41, 5.74) is 2.42. The number of fused-ring (bicyclic) bond motifs is 3. The molecular weight excluding hydrogens is 302 g/mol. The Labute approximate surface area is 139 Å². The SMILES string of the molecule is O=C(N[C@@H]1C[C@H]2CC[C@@H]1N2)c1ccc2occ(-n3cccc3)c2c1. The molecule has 2 saturated heterocycles. The molecule has 2 aliphatic rings. The highest BCUT2D eigenvalue weighted by atomic mass is 16.3. The molecule has 5 nitrogen and oxygen atoms in total. The number of amides is 1. The van der Waals surface area contributed by atoms with Crippen molar-refractivity contribution in [3.05, 3.63) is 54.6 Å². The van der Waals surface area contributed by atoms with Crippen LogP contribution in [-0.4, -0.2) is 28.6 Å². The van der Waals surface area contributed by atoms with Gasteiger partial charge in [-0.2, -0.15) is 0 Å². The number of nitrogens with one attached hydrogen (secondary N) is 2. The monoisotopic (exact) mass is 321 g/mol. The average Bonchev–Trinajstić information content (AvgIpc) is 3.36. The summed E-state index contributed by atoms with van der Waals surface area (Å²) in [5.74, 6) is -0.00379. The van der Waals surface area contributed by atoms with E-state index >= 15 is 0 Å². The first-order chi connectivity index (χ1) is 11.8. The zero-order valence-corrected chi connectivity index (χ0v) is 13.2. The van der Waals surface area contributed by atoms with Gasteiger partial charge in [0.05, 0.1) is 5.69 Å². The first kappa shape index (κ1) is 13.9. The Morgan fingerprint density at radius 3 is 2.88 bits per heavy atom. The van der Waals surface area contributed by atoms with Gasteiger partial charge in [0.1, 0.15) is 11.8 Å². The summed E-state index contributed by atoms with van der Waals surface area (Å²) in [4.78, 5) is 12.7. The van der Waals surface area contributed by atoms with Gasteiger partial charge in [-0.3, -0.25) is 4.79 Å². The Hall–Kier alpha value is -2.53.